The Labute approximate surface area is 160 Å². The van der Waals surface area contributed by atoms with Gasteiger partial charge in [-0.3, -0.25) is 9.67 Å². The molecule has 2 heterocycles. The lowest BCUT2D eigenvalue weighted by Crippen LogP contribution is -2.52. The maximum absolute atomic E-state index is 6.34. The van der Waals surface area contributed by atoms with Gasteiger partial charge in [0.25, 0.3) is 0 Å². The quantitative estimate of drug-likeness (QED) is 0.645. The molecule has 1 saturated heterocycles. The number of guanidine groups is 1. The molecule has 0 saturated carbocycles. The first-order valence-corrected chi connectivity index (χ1v) is 9.55. The molecule has 7 heteroatoms. The van der Waals surface area contributed by atoms with Crippen molar-refractivity contribution in [3.05, 3.63) is 47.2 Å². The van der Waals surface area contributed by atoms with Crippen LogP contribution in [0.5, 0.6) is 0 Å². The molecule has 1 aliphatic rings. The van der Waals surface area contributed by atoms with Gasteiger partial charge in [0, 0.05) is 52.5 Å². The molecule has 1 aromatic heterocycles. The number of hydrogen-bond donors (Lipinski definition) is 1. The van der Waals surface area contributed by atoms with Crippen LogP contribution in [0, 0.1) is 0 Å². The molecule has 0 aliphatic carbocycles. The summed E-state index contributed by atoms with van der Waals surface area (Å²) < 4.78 is 1.83. The van der Waals surface area contributed by atoms with Crippen LogP contribution in [0.4, 0.5) is 5.69 Å². The Hall–Kier alpha value is -2.21. The van der Waals surface area contributed by atoms with E-state index in [0.29, 0.717) is 0 Å². The summed E-state index contributed by atoms with van der Waals surface area (Å²) >= 11 is 6.34. The van der Waals surface area contributed by atoms with Gasteiger partial charge in [0.1, 0.15) is 0 Å². The van der Waals surface area contributed by atoms with Crippen molar-refractivity contribution >= 4 is 23.2 Å². The molecule has 0 amide bonds. The molecule has 0 unspecified atom stereocenters. The normalized spacial score (nSPS) is 15.4. The highest BCUT2D eigenvalue weighted by molar-refractivity contribution is 6.33. The zero-order valence-electron chi connectivity index (χ0n) is 15.5. The van der Waals surface area contributed by atoms with E-state index < -0.39 is 0 Å². The van der Waals surface area contributed by atoms with Gasteiger partial charge < -0.3 is 15.1 Å². The molecule has 0 atom stereocenters. The third kappa shape index (κ3) is 4.69. The van der Waals surface area contributed by atoms with Crippen molar-refractivity contribution in [3.8, 4) is 0 Å². The fraction of sp³-hybridized carbons (Fsp3) is 0.474. The number of para-hydroxylation sites is 1. The van der Waals surface area contributed by atoms with Crippen molar-refractivity contribution in [3.63, 3.8) is 0 Å². The summed E-state index contributed by atoms with van der Waals surface area (Å²) in [7, 11) is 1.94. The van der Waals surface area contributed by atoms with E-state index in [1.165, 1.54) is 5.56 Å². The maximum atomic E-state index is 6.34. The number of rotatable bonds is 5. The Morgan fingerprint density at radius 2 is 2.00 bits per heavy atom. The average molecular weight is 375 g/mol. The number of benzene rings is 1. The van der Waals surface area contributed by atoms with Gasteiger partial charge in [-0.05, 0) is 31.0 Å². The maximum Gasteiger partial charge on any atom is 0.194 e. The minimum Gasteiger partial charge on any atom is -0.367 e. The van der Waals surface area contributed by atoms with Crippen molar-refractivity contribution in [2.45, 2.75) is 13.3 Å². The van der Waals surface area contributed by atoms with Crippen LogP contribution >= 0.6 is 11.6 Å². The molecule has 1 aromatic carbocycles. The van der Waals surface area contributed by atoms with Gasteiger partial charge in [0.05, 0.1) is 16.9 Å². The number of nitrogens with one attached hydrogen (secondary N) is 1. The van der Waals surface area contributed by atoms with E-state index in [2.05, 4.69) is 33.2 Å². The summed E-state index contributed by atoms with van der Waals surface area (Å²) in [5.41, 5.74) is 2.34. The van der Waals surface area contributed by atoms with E-state index >= 15 is 0 Å². The van der Waals surface area contributed by atoms with Gasteiger partial charge in [-0.25, -0.2) is 0 Å². The van der Waals surface area contributed by atoms with E-state index in [9.17, 15) is 0 Å². The molecule has 2 aromatic rings. The molecule has 26 heavy (non-hydrogen) atoms. The molecule has 3 rings (SSSR count). The van der Waals surface area contributed by atoms with Gasteiger partial charge in [0.2, 0.25) is 0 Å². The Bertz CT molecular complexity index is 733. The predicted octanol–water partition coefficient (Wildman–Crippen LogP) is 2.40. The lowest BCUT2D eigenvalue weighted by Gasteiger charge is -2.38. The molecule has 1 N–H and O–H groups in total. The minimum atomic E-state index is 0.763. The van der Waals surface area contributed by atoms with E-state index in [1.807, 2.05) is 42.3 Å². The minimum absolute atomic E-state index is 0.763. The smallest absolute Gasteiger partial charge is 0.194 e. The number of hydrogen-bond acceptors (Lipinski definition) is 3. The highest BCUT2D eigenvalue weighted by atomic mass is 35.5. The fourth-order valence-electron chi connectivity index (χ4n) is 3.19. The van der Waals surface area contributed by atoms with Gasteiger partial charge >= 0.3 is 0 Å². The van der Waals surface area contributed by atoms with Crippen molar-refractivity contribution in [2.75, 3.05) is 44.2 Å². The van der Waals surface area contributed by atoms with Gasteiger partial charge in [0.15, 0.2) is 5.96 Å². The van der Waals surface area contributed by atoms with Crippen LogP contribution in [-0.4, -0.2) is 59.9 Å². The Morgan fingerprint density at radius 3 is 2.65 bits per heavy atom. The first kappa shape index (κ1) is 18.6. The molecular weight excluding hydrogens is 348 g/mol. The summed E-state index contributed by atoms with van der Waals surface area (Å²) in [5, 5.41) is 8.45. The number of aliphatic imine (C=N–C) groups is 1. The van der Waals surface area contributed by atoms with Crippen molar-refractivity contribution < 1.29 is 0 Å². The van der Waals surface area contributed by atoms with Gasteiger partial charge in [-0.2, -0.15) is 5.10 Å². The van der Waals surface area contributed by atoms with Crippen LogP contribution < -0.4 is 10.2 Å². The van der Waals surface area contributed by atoms with Gasteiger partial charge in [-0.1, -0.05) is 23.7 Å². The second kappa shape index (κ2) is 8.94. The third-order valence-electron chi connectivity index (χ3n) is 4.53. The van der Waals surface area contributed by atoms with E-state index in [0.717, 1.165) is 62.4 Å². The highest BCUT2D eigenvalue weighted by Crippen LogP contribution is 2.25. The summed E-state index contributed by atoms with van der Waals surface area (Å²) in [6.07, 6.45) is 4.86. The lowest BCUT2D eigenvalue weighted by atomic mass is 10.2. The SMILES string of the molecule is CCNC(=NCCc1cnn(C)c1)N1CCN(c2ccccc2Cl)CC1. The number of nitrogens with zero attached hydrogens (tertiary/aromatic N) is 5. The Morgan fingerprint density at radius 1 is 1.23 bits per heavy atom. The largest absolute Gasteiger partial charge is 0.367 e. The van der Waals surface area contributed by atoms with Crippen LogP contribution in [-0.2, 0) is 13.5 Å². The van der Waals surface area contributed by atoms with Crippen molar-refractivity contribution in [1.29, 1.82) is 0 Å². The molecule has 140 valence electrons. The third-order valence-corrected chi connectivity index (χ3v) is 4.85. The molecule has 0 spiro atoms. The van der Waals surface area contributed by atoms with Crippen LogP contribution in [0.2, 0.25) is 5.02 Å². The Kier molecular flexibility index (Phi) is 6.39. The van der Waals surface area contributed by atoms with Gasteiger partial charge in [-0.15, -0.1) is 0 Å². The number of aryl methyl sites for hydroxylation is 1. The zero-order valence-corrected chi connectivity index (χ0v) is 16.3. The Balaban J connectivity index is 1.57. The molecule has 6 nitrogen and oxygen atoms in total. The van der Waals surface area contributed by atoms with Crippen molar-refractivity contribution in [1.82, 2.24) is 20.0 Å². The van der Waals surface area contributed by atoms with Crippen LogP contribution in [0.1, 0.15) is 12.5 Å². The number of piperazine rings is 1. The summed E-state index contributed by atoms with van der Waals surface area (Å²) in [4.78, 5) is 9.49. The van der Waals surface area contributed by atoms with E-state index in [1.54, 1.807) is 0 Å². The molecule has 0 bridgehead atoms. The summed E-state index contributed by atoms with van der Waals surface area (Å²) in [6, 6.07) is 8.05. The average Bonchev–Trinajstić information content (AvgIpc) is 3.07. The zero-order chi connectivity index (χ0) is 18.4. The number of halogens is 1. The van der Waals surface area contributed by atoms with Crippen molar-refractivity contribution in [2.24, 2.45) is 12.0 Å². The second-order valence-corrected chi connectivity index (χ2v) is 6.84. The second-order valence-electron chi connectivity index (χ2n) is 6.43. The standard InChI is InChI=1S/C19H27ClN6/c1-3-21-19(22-9-8-16-14-23-24(2)15-16)26-12-10-25(11-13-26)18-7-5-4-6-17(18)20/h4-7,14-15H,3,8-13H2,1-2H3,(H,21,22). The molecule has 1 aliphatic heterocycles. The monoisotopic (exact) mass is 374 g/mol. The van der Waals surface area contributed by atoms with Crippen LogP contribution in [0.3, 0.4) is 0 Å². The molecular formula is C19H27ClN6. The molecule has 0 radical (unpaired) electrons. The first-order valence-electron chi connectivity index (χ1n) is 9.17. The van der Waals surface area contributed by atoms with Crippen LogP contribution in [0.15, 0.2) is 41.7 Å². The predicted molar refractivity (Wildman–Crippen MR) is 108 cm³/mol. The molecule has 1 fully saturated rings. The number of aromatic nitrogens is 2. The topological polar surface area (TPSA) is 48.7 Å². The summed E-state index contributed by atoms with van der Waals surface area (Å²) in [6.45, 7) is 7.49. The lowest BCUT2D eigenvalue weighted by molar-refractivity contribution is 0.372. The number of anilines is 1. The summed E-state index contributed by atoms with van der Waals surface area (Å²) in [5.74, 6) is 0.996. The van der Waals surface area contributed by atoms with E-state index in [4.69, 9.17) is 16.6 Å². The van der Waals surface area contributed by atoms with E-state index in [-0.39, 0.29) is 0 Å². The fourth-order valence-corrected chi connectivity index (χ4v) is 3.44. The highest BCUT2D eigenvalue weighted by Gasteiger charge is 2.20. The first-order chi connectivity index (χ1) is 12.7. The van der Waals surface area contributed by atoms with Crippen LogP contribution in [0.25, 0.3) is 0 Å².